The van der Waals surface area contributed by atoms with E-state index in [9.17, 15) is 25.3 Å². The van der Waals surface area contributed by atoms with E-state index in [4.69, 9.17) is 9.11 Å². The monoisotopic (exact) mass is 389 g/mol. The Bertz CT molecular complexity index is 826. The van der Waals surface area contributed by atoms with E-state index in [1.165, 1.54) is 12.1 Å². The lowest BCUT2D eigenvalue weighted by molar-refractivity contribution is 0.284. The molecule has 0 bridgehead atoms. The molecule has 132 valence electrons. The smallest absolute Gasteiger partial charge is 0.384 e. The van der Waals surface area contributed by atoms with Crippen molar-refractivity contribution >= 4 is 36.0 Å². The van der Waals surface area contributed by atoms with Gasteiger partial charge in [0.25, 0.3) is 10.1 Å². The van der Waals surface area contributed by atoms with Crippen molar-refractivity contribution in [2.75, 3.05) is 30.0 Å². The van der Waals surface area contributed by atoms with E-state index in [1.807, 2.05) is 0 Å². The molecule has 0 amide bonds. The minimum absolute atomic E-state index is 0.0145. The molecule has 0 aromatic heterocycles. The van der Waals surface area contributed by atoms with Crippen LogP contribution in [-0.2, 0) is 34.5 Å². The fraction of sp³-hybridized carbons (Fsp3) is 0.400. The maximum Gasteiger partial charge on any atom is 0.397 e. The molecule has 0 aliphatic rings. The summed E-state index contributed by atoms with van der Waals surface area (Å²) in [6.45, 7) is -0.705. The van der Waals surface area contributed by atoms with E-state index in [1.54, 1.807) is 0 Å². The lowest BCUT2D eigenvalue weighted by Gasteiger charge is -2.07. The number of rotatable bonds is 9. The van der Waals surface area contributed by atoms with Gasteiger partial charge in [-0.15, -0.1) is 0 Å². The maximum atomic E-state index is 11.6. The highest BCUT2D eigenvalue weighted by molar-refractivity contribution is 7.91. The van der Waals surface area contributed by atoms with Crippen molar-refractivity contribution in [3.05, 3.63) is 24.3 Å². The summed E-state index contributed by atoms with van der Waals surface area (Å²) in [5.41, 5.74) is 0.432. The van der Waals surface area contributed by atoms with Gasteiger partial charge < -0.3 is 5.32 Å². The molecule has 0 aliphatic carbocycles. The molecule has 1 aromatic rings. The second-order valence-corrected chi connectivity index (χ2v) is 9.14. The summed E-state index contributed by atoms with van der Waals surface area (Å²) in [6, 6.07) is 4.98. The molecule has 0 radical (unpaired) electrons. The first-order chi connectivity index (χ1) is 10.4. The summed E-state index contributed by atoms with van der Waals surface area (Å²) in [5.74, 6) is -0.919. The lowest BCUT2D eigenvalue weighted by Crippen LogP contribution is -2.22. The van der Waals surface area contributed by atoms with Crippen molar-refractivity contribution in [1.82, 2.24) is 0 Å². The zero-order chi connectivity index (χ0) is 17.7. The van der Waals surface area contributed by atoms with E-state index < -0.39 is 42.7 Å². The first-order valence-corrected chi connectivity index (χ1v) is 10.7. The molecule has 0 fully saturated rings. The Hall–Kier alpha value is -1.25. The minimum atomic E-state index is -4.68. The van der Waals surface area contributed by atoms with Gasteiger partial charge in [0.15, 0.2) is 9.84 Å². The summed E-state index contributed by atoms with van der Waals surface area (Å²) >= 11 is 0. The molecule has 1 aromatic carbocycles. The van der Waals surface area contributed by atoms with Crippen molar-refractivity contribution in [3.8, 4) is 0 Å². The van der Waals surface area contributed by atoms with E-state index in [-0.39, 0.29) is 17.2 Å². The van der Waals surface area contributed by atoms with Crippen LogP contribution in [0.1, 0.15) is 0 Å². The zero-order valence-electron chi connectivity index (χ0n) is 11.6. The number of hydrogen-bond acceptors (Lipinski definition) is 8. The number of nitrogens with one attached hydrogen (secondary N) is 1. The molecule has 0 saturated heterocycles. The fourth-order valence-corrected chi connectivity index (χ4v) is 3.30. The maximum absolute atomic E-state index is 11.6. The standard InChI is InChI=1S/C10H15NO9S3/c12-21(13,8-6-20-23(17,18)19)7-5-11-9-1-3-10(4-2-9)22(14,15)16/h1-4,11H,5-8H2,(H,14,15,16)(H,17,18,19). The van der Waals surface area contributed by atoms with Gasteiger partial charge in [0, 0.05) is 12.2 Å². The second-order valence-electron chi connectivity index (χ2n) is 4.33. The third-order valence-electron chi connectivity index (χ3n) is 2.52. The molecule has 1 rings (SSSR count). The zero-order valence-corrected chi connectivity index (χ0v) is 14.1. The summed E-state index contributed by atoms with van der Waals surface area (Å²) in [4.78, 5) is -0.293. The molecule has 23 heavy (non-hydrogen) atoms. The van der Waals surface area contributed by atoms with Crippen LogP contribution >= 0.6 is 0 Å². The largest absolute Gasteiger partial charge is 0.397 e. The minimum Gasteiger partial charge on any atom is -0.384 e. The van der Waals surface area contributed by atoms with Crippen molar-refractivity contribution in [3.63, 3.8) is 0 Å². The van der Waals surface area contributed by atoms with E-state index in [2.05, 4.69) is 9.50 Å². The third kappa shape index (κ3) is 8.24. The molecular formula is C10H15NO9S3. The van der Waals surface area contributed by atoms with Crippen LogP contribution < -0.4 is 5.32 Å². The van der Waals surface area contributed by atoms with Crippen LogP contribution in [0.5, 0.6) is 0 Å². The normalized spacial score (nSPS) is 13.0. The van der Waals surface area contributed by atoms with Crippen LogP contribution in [0.25, 0.3) is 0 Å². The van der Waals surface area contributed by atoms with Gasteiger partial charge in [0.05, 0.1) is 23.0 Å². The Morgan fingerprint density at radius 2 is 1.48 bits per heavy atom. The van der Waals surface area contributed by atoms with Crippen LogP contribution in [0, 0.1) is 0 Å². The Morgan fingerprint density at radius 1 is 0.913 bits per heavy atom. The molecule has 10 nitrogen and oxygen atoms in total. The molecule has 0 spiro atoms. The lowest BCUT2D eigenvalue weighted by atomic mass is 10.3. The van der Waals surface area contributed by atoms with Crippen molar-refractivity contribution in [1.29, 1.82) is 0 Å². The summed E-state index contributed by atoms with van der Waals surface area (Å²) < 4.78 is 86.4. The molecule has 0 saturated carbocycles. The molecule has 0 heterocycles. The van der Waals surface area contributed by atoms with Gasteiger partial charge in [-0.3, -0.25) is 9.11 Å². The molecule has 3 N–H and O–H groups in total. The Balaban J connectivity index is 2.47. The van der Waals surface area contributed by atoms with Crippen LogP contribution in [0.15, 0.2) is 29.2 Å². The van der Waals surface area contributed by atoms with Gasteiger partial charge in [-0.25, -0.2) is 12.6 Å². The molecule has 0 atom stereocenters. The van der Waals surface area contributed by atoms with Gasteiger partial charge in [0.2, 0.25) is 0 Å². The number of anilines is 1. The van der Waals surface area contributed by atoms with Crippen LogP contribution in [0.4, 0.5) is 5.69 Å². The SMILES string of the molecule is O=S(=O)(CCNc1ccc(S(=O)(=O)O)cc1)CCOS(=O)(=O)O. The molecule has 0 aliphatic heterocycles. The van der Waals surface area contributed by atoms with Gasteiger partial charge in [-0.2, -0.15) is 16.8 Å². The summed E-state index contributed by atoms with van der Waals surface area (Å²) in [6.07, 6.45) is 0. The highest BCUT2D eigenvalue weighted by atomic mass is 32.3. The Labute approximate surface area is 134 Å². The Kier molecular flexibility index (Phi) is 6.49. The van der Waals surface area contributed by atoms with Gasteiger partial charge in [-0.1, -0.05) is 0 Å². The molecular weight excluding hydrogens is 374 g/mol. The van der Waals surface area contributed by atoms with Crippen LogP contribution in [0.3, 0.4) is 0 Å². The molecule has 13 heteroatoms. The molecule has 0 unspecified atom stereocenters. The van der Waals surface area contributed by atoms with E-state index in [0.29, 0.717) is 5.69 Å². The predicted molar refractivity (Wildman–Crippen MR) is 80.9 cm³/mol. The first-order valence-electron chi connectivity index (χ1n) is 6.03. The quantitative estimate of drug-likeness (QED) is 0.472. The predicted octanol–water partition coefficient (Wildman–Crippen LogP) is -0.421. The third-order valence-corrected chi connectivity index (χ3v) is 5.47. The van der Waals surface area contributed by atoms with Gasteiger partial charge in [-0.05, 0) is 24.3 Å². The second kappa shape index (κ2) is 7.55. The average Bonchev–Trinajstić information content (AvgIpc) is 2.36. The summed E-state index contributed by atoms with van der Waals surface area (Å²) in [7, 11) is -12.6. The number of benzene rings is 1. The highest BCUT2D eigenvalue weighted by Crippen LogP contribution is 2.13. The van der Waals surface area contributed by atoms with Crippen molar-refractivity contribution in [2.24, 2.45) is 0 Å². The average molecular weight is 389 g/mol. The van der Waals surface area contributed by atoms with Crippen LogP contribution in [0.2, 0.25) is 0 Å². The van der Waals surface area contributed by atoms with Gasteiger partial charge >= 0.3 is 10.4 Å². The van der Waals surface area contributed by atoms with Crippen molar-refractivity contribution < 1.29 is 38.5 Å². The first kappa shape index (κ1) is 19.8. The summed E-state index contributed by atoms with van der Waals surface area (Å²) in [5, 5.41) is 2.72. The van der Waals surface area contributed by atoms with E-state index >= 15 is 0 Å². The van der Waals surface area contributed by atoms with Crippen molar-refractivity contribution in [2.45, 2.75) is 4.90 Å². The number of sulfone groups is 1. The van der Waals surface area contributed by atoms with E-state index in [0.717, 1.165) is 12.1 Å². The highest BCUT2D eigenvalue weighted by Gasteiger charge is 2.13. The number of hydrogen-bond donors (Lipinski definition) is 3. The Morgan fingerprint density at radius 3 is 1.96 bits per heavy atom. The topological polar surface area (TPSA) is 164 Å². The van der Waals surface area contributed by atoms with Crippen LogP contribution in [-0.4, -0.2) is 59.0 Å². The fourth-order valence-electron chi connectivity index (χ4n) is 1.46. The van der Waals surface area contributed by atoms with Gasteiger partial charge in [0.1, 0.15) is 0 Å².